The van der Waals surface area contributed by atoms with Gasteiger partial charge in [0.15, 0.2) is 0 Å². The molecule has 0 radical (unpaired) electrons. The van der Waals surface area contributed by atoms with E-state index >= 15 is 0 Å². The molecule has 76 valence electrons. The number of carbonyl (C=O) groups is 1. The van der Waals surface area contributed by atoms with E-state index < -0.39 is 0 Å². The third-order valence-electron chi connectivity index (χ3n) is 1.52. The molecule has 2 N–H and O–H groups in total. The van der Waals surface area contributed by atoms with Crippen LogP contribution in [-0.2, 0) is 0 Å². The number of rotatable bonds is 2. The summed E-state index contributed by atoms with van der Waals surface area (Å²) in [7, 11) is 0. The second-order valence-electron chi connectivity index (χ2n) is 3.26. The fraction of sp³-hybridized carbons (Fsp3) is 0.300. The molecule has 1 rings (SSSR count). The van der Waals surface area contributed by atoms with Crippen molar-refractivity contribution in [3.63, 3.8) is 0 Å². The van der Waals surface area contributed by atoms with Gasteiger partial charge in [-0.05, 0) is 38.1 Å². The number of amides is 2. The van der Waals surface area contributed by atoms with E-state index in [1.165, 1.54) is 0 Å². The minimum absolute atomic E-state index is 0.144. The van der Waals surface area contributed by atoms with Crippen LogP contribution in [0, 0.1) is 0 Å². The van der Waals surface area contributed by atoms with Gasteiger partial charge >= 0.3 is 6.03 Å². The summed E-state index contributed by atoms with van der Waals surface area (Å²) >= 11 is 3.32. The molecule has 0 bridgehead atoms. The lowest BCUT2D eigenvalue weighted by molar-refractivity contribution is 0.250. The van der Waals surface area contributed by atoms with E-state index in [-0.39, 0.29) is 12.1 Å². The zero-order valence-corrected chi connectivity index (χ0v) is 9.76. The number of anilines is 1. The second kappa shape index (κ2) is 5.00. The molecule has 2 amide bonds. The van der Waals surface area contributed by atoms with Gasteiger partial charge in [0.1, 0.15) is 0 Å². The van der Waals surface area contributed by atoms with Crippen molar-refractivity contribution in [3.8, 4) is 0 Å². The van der Waals surface area contributed by atoms with Crippen molar-refractivity contribution < 1.29 is 4.79 Å². The van der Waals surface area contributed by atoms with E-state index in [4.69, 9.17) is 0 Å². The summed E-state index contributed by atoms with van der Waals surface area (Å²) < 4.78 is 0.993. The Labute approximate surface area is 92.0 Å². The Morgan fingerprint density at radius 3 is 2.36 bits per heavy atom. The Bertz CT molecular complexity index is 308. The summed E-state index contributed by atoms with van der Waals surface area (Å²) in [6.07, 6.45) is 0. The molecule has 1 aromatic rings. The molecule has 0 atom stereocenters. The first kappa shape index (κ1) is 11.0. The molecule has 0 aliphatic rings. The summed E-state index contributed by atoms with van der Waals surface area (Å²) in [6.45, 7) is 3.84. The number of carbonyl (C=O) groups excluding carboxylic acids is 1. The van der Waals surface area contributed by atoms with Gasteiger partial charge in [0.25, 0.3) is 0 Å². The van der Waals surface area contributed by atoms with E-state index in [1.54, 1.807) is 0 Å². The average molecular weight is 257 g/mol. The number of urea groups is 1. The maximum absolute atomic E-state index is 11.3. The summed E-state index contributed by atoms with van der Waals surface area (Å²) in [5, 5.41) is 5.47. The van der Waals surface area contributed by atoms with Gasteiger partial charge in [-0.2, -0.15) is 0 Å². The quantitative estimate of drug-likeness (QED) is 0.840. The number of hydrogen-bond donors (Lipinski definition) is 2. The van der Waals surface area contributed by atoms with Gasteiger partial charge in [-0.15, -0.1) is 0 Å². The Kier molecular flexibility index (Phi) is 3.95. The first-order valence-corrected chi connectivity index (χ1v) is 5.20. The van der Waals surface area contributed by atoms with Crippen molar-refractivity contribution in [3.05, 3.63) is 28.7 Å². The van der Waals surface area contributed by atoms with Gasteiger partial charge in [0.05, 0.1) is 0 Å². The lowest BCUT2D eigenvalue weighted by Gasteiger charge is -2.09. The molecule has 4 heteroatoms. The van der Waals surface area contributed by atoms with Crippen LogP contribution < -0.4 is 10.6 Å². The number of benzene rings is 1. The molecule has 0 aliphatic carbocycles. The zero-order chi connectivity index (χ0) is 10.6. The van der Waals surface area contributed by atoms with Crippen LogP contribution in [0.15, 0.2) is 28.7 Å². The molecular weight excluding hydrogens is 244 g/mol. The van der Waals surface area contributed by atoms with E-state index in [0.717, 1.165) is 10.2 Å². The van der Waals surface area contributed by atoms with E-state index in [9.17, 15) is 4.79 Å². The predicted octanol–water partition coefficient (Wildman–Crippen LogP) is 2.98. The van der Waals surface area contributed by atoms with Gasteiger partial charge in [0.2, 0.25) is 0 Å². The van der Waals surface area contributed by atoms with Crippen LogP contribution in [0.2, 0.25) is 0 Å². The summed E-state index contributed by atoms with van der Waals surface area (Å²) in [5.41, 5.74) is 0.784. The molecule has 0 saturated carbocycles. The van der Waals surface area contributed by atoms with Crippen LogP contribution in [0.4, 0.5) is 10.5 Å². The maximum atomic E-state index is 11.3. The minimum atomic E-state index is -0.178. The number of hydrogen-bond acceptors (Lipinski definition) is 1. The molecule has 0 heterocycles. The van der Waals surface area contributed by atoms with Crippen molar-refractivity contribution in [2.24, 2.45) is 0 Å². The first-order chi connectivity index (χ1) is 6.58. The van der Waals surface area contributed by atoms with Crippen molar-refractivity contribution >= 4 is 27.6 Å². The average Bonchev–Trinajstić information content (AvgIpc) is 2.07. The van der Waals surface area contributed by atoms with Gasteiger partial charge < -0.3 is 10.6 Å². The summed E-state index contributed by atoms with van der Waals surface area (Å²) in [5.74, 6) is 0. The van der Waals surface area contributed by atoms with Crippen LogP contribution in [0.5, 0.6) is 0 Å². The summed E-state index contributed by atoms with van der Waals surface area (Å²) in [4.78, 5) is 11.3. The lowest BCUT2D eigenvalue weighted by Crippen LogP contribution is -2.34. The molecule has 14 heavy (non-hydrogen) atoms. The highest BCUT2D eigenvalue weighted by Gasteiger charge is 2.02. The molecule has 0 unspecified atom stereocenters. The Balaban J connectivity index is 2.52. The smallest absolute Gasteiger partial charge is 0.319 e. The third kappa shape index (κ3) is 3.79. The molecule has 0 aromatic heterocycles. The van der Waals surface area contributed by atoms with Crippen LogP contribution in [0.1, 0.15) is 13.8 Å². The minimum Gasteiger partial charge on any atom is -0.336 e. The maximum Gasteiger partial charge on any atom is 0.319 e. The van der Waals surface area contributed by atoms with Crippen molar-refractivity contribution in [2.75, 3.05) is 5.32 Å². The molecule has 0 aliphatic heterocycles. The van der Waals surface area contributed by atoms with Crippen molar-refractivity contribution in [1.82, 2.24) is 5.32 Å². The molecule has 0 saturated heterocycles. The van der Waals surface area contributed by atoms with Gasteiger partial charge in [0, 0.05) is 16.2 Å². The fourth-order valence-corrected chi connectivity index (χ4v) is 1.23. The molecule has 1 aromatic carbocycles. The van der Waals surface area contributed by atoms with E-state index in [0.29, 0.717) is 0 Å². The molecule has 0 spiro atoms. The predicted molar refractivity (Wildman–Crippen MR) is 61.4 cm³/mol. The lowest BCUT2D eigenvalue weighted by atomic mass is 10.3. The highest BCUT2D eigenvalue weighted by Crippen LogP contribution is 2.13. The second-order valence-corrected chi connectivity index (χ2v) is 4.18. The van der Waals surface area contributed by atoms with E-state index in [2.05, 4.69) is 26.6 Å². The van der Waals surface area contributed by atoms with Gasteiger partial charge in [-0.3, -0.25) is 0 Å². The van der Waals surface area contributed by atoms with Crippen LogP contribution >= 0.6 is 15.9 Å². The highest BCUT2D eigenvalue weighted by molar-refractivity contribution is 9.10. The standard InChI is InChI=1S/C10H13BrN2O/c1-7(2)12-10(14)13-9-5-3-8(11)4-6-9/h3-7H,1-2H3,(H2,12,13,14). The van der Waals surface area contributed by atoms with Crippen LogP contribution in [0.25, 0.3) is 0 Å². The van der Waals surface area contributed by atoms with Crippen molar-refractivity contribution in [2.45, 2.75) is 19.9 Å². The first-order valence-electron chi connectivity index (χ1n) is 4.41. The van der Waals surface area contributed by atoms with Crippen LogP contribution in [-0.4, -0.2) is 12.1 Å². The largest absolute Gasteiger partial charge is 0.336 e. The Morgan fingerprint density at radius 1 is 1.29 bits per heavy atom. The van der Waals surface area contributed by atoms with Gasteiger partial charge in [-0.25, -0.2) is 4.79 Å². The zero-order valence-electron chi connectivity index (χ0n) is 8.17. The topological polar surface area (TPSA) is 41.1 Å². The third-order valence-corrected chi connectivity index (χ3v) is 2.05. The van der Waals surface area contributed by atoms with Gasteiger partial charge in [-0.1, -0.05) is 15.9 Å². The molecular formula is C10H13BrN2O. The SMILES string of the molecule is CC(C)NC(=O)Nc1ccc(Br)cc1. The molecule has 0 fully saturated rings. The highest BCUT2D eigenvalue weighted by atomic mass is 79.9. The van der Waals surface area contributed by atoms with Crippen molar-refractivity contribution in [1.29, 1.82) is 0 Å². The monoisotopic (exact) mass is 256 g/mol. The van der Waals surface area contributed by atoms with Crippen LogP contribution in [0.3, 0.4) is 0 Å². The number of halogens is 1. The Hall–Kier alpha value is -1.03. The molecule has 3 nitrogen and oxygen atoms in total. The Morgan fingerprint density at radius 2 is 1.86 bits per heavy atom. The number of nitrogens with one attached hydrogen (secondary N) is 2. The normalized spacial score (nSPS) is 10.0. The van der Waals surface area contributed by atoms with E-state index in [1.807, 2.05) is 38.1 Å². The fourth-order valence-electron chi connectivity index (χ4n) is 0.963. The summed E-state index contributed by atoms with van der Waals surface area (Å²) in [6, 6.07) is 7.40.